The molecule has 3 rings (SSSR count). The molecule has 19 heavy (non-hydrogen) atoms. The predicted octanol–water partition coefficient (Wildman–Crippen LogP) is 3.82. The van der Waals surface area contributed by atoms with E-state index in [1.54, 1.807) is 4.57 Å². The van der Waals surface area contributed by atoms with Crippen LogP contribution in [0.25, 0.3) is 21.7 Å². The second-order valence-electron chi connectivity index (χ2n) is 5.34. The van der Waals surface area contributed by atoms with Gasteiger partial charge in [0.25, 0.3) is 5.56 Å². The molecule has 1 aromatic heterocycles. The van der Waals surface area contributed by atoms with E-state index in [2.05, 4.69) is 32.0 Å². The van der Waals surface area contributed by atoms with Gasteiger partial charge in [-0.1, -0.05) is 44.2 Å². The van der Waals surface area contributed by atoms with Gasteiger partial charge in [0.2, 0.25) is 0 Å². The van der Waals surface area contributed by atoms with Gasteiger partial charge in [0.05, 0.1) is 5.52 Å². The summed E-state index contributed by atoms with van der Waals surface area (Å²) in [7, 11) is 1.83. The highest BCUT2D eigenvalue weighted by atomic mass is 16.1. The molecule has 0 saturated heterocycles. The summed E-state index contributed by atoms with van der Waals surface area (Å²) in [6.07, 6.45) is 0. The van der Waals surface area contributed by atoms with Gasteiger partial charge in [-0.3, -0.25) is 4.79 Å². The van der Waals surface area contributed by atoms with Crippen LogP contribution in [0.5, 0.6) is 0 Å². The third-order valence-electron chi connectivity index (χ3n) is 3.80. The molecule has 0 fully saturated rings. The average Bonchev–Trinajstić information content (AvgIpc) is 2.44. The maximum atomic E-state index is 12.4. The van der Waals surface area contributed by atoms with E-state index in [1.807, 2.05) is 31.3 Å². The second-order valence-corrected chi connectivity index (χ2v) is 5.34. The molecule has 0 aliphatic rings. The summed E-state index contributed by atoms with van der Waals surface area (Å²) in [5, 5.41) is 3.00. The van der Waals surface area contributed by atoms with Crippen molar-refractivity contribution in [1.29, 1.82) is 0 Å². The molecule has 0 amide bonds. The maximum Gasteiger partial charge on any atom is 0.258 e. The van der Waals surface area contributed by atoms with Crippen LogP contribution in [0.4, 0.5) is 0 Å². The molecule has 0 bridgehead atoms. The van der Waals surface area contributed by atoms with Crippen molar-refractivity contribution >= 4 is 21.7 Å². The Bertz CT molecular complexity index is 828. The minimum atomic E-state index is 0.0732. The summed E-state index contributed by atoms with van der Waals surface area (Å²) >= 11 is 0. The Morgan fingerprint density at radius 2 is 1.68 bits per heavy atom. The van der Waals surface area contributed by atoms with E-state index in [0.29, 0.717) is 5.92 Å². The van der Waals surface area contributed by atoms with Crippen LogP contribution in [0.3, 0.4) is 0 Å². The highest BCUT2D eigenvalue weighted by Crippen LogP contribution is 2.25. The number of para-hydroxylation sites is 1. The lowest BCUT2D eigenvalue weighted by Gasteiger charge is -2.11. The zero-order valence-electron chi connectivity index (χ0n) is 11.5. The molecule has 2 heteroatoms. The first-order valence-electron chi connectivity index (χ1n) is 6.61. The molecule has 0 saturated carbocycles. The average molecular weight is 251 g/mol. The molecule has 0 radical (unpaired) electrons. The summed E-state index contributed by atoms with van der Waals surface area (Å²) in [6, 6.07) is 14.2. The fraction of sp³-hybridized carbons (Fsp3) is 0.235. The standard InChI is InChI=1S/C17H17NO/c1-11(2)12-8-9-14-15(10-12)13-6-4-5-7-16(13)18(3)17(14)19/h4-11H,1-3H3. The quantitative estimate of drug-likeness (QED) is 0.603. The number of nitrogens with zero attached hydrogens (tertiary/aromatic N) is 1. The molecular weight excluding hydrogens is 234 g/mol. The van der Waals surface area contributed by atoms with E-state index in [0.717, 1.165) is 21.7 Å². The van der Waals surface area contributed by atoms with E-state index in [1.165, 1.54) is 5.56 Å². The van der Waals surface area contributed by atoms with E-state index >= 15 is 0 Å². The van der Waals surface area contributed by atoms with Crippen LogP contribution >= 0.6 is 0 Å². The number of pyridine rings is 1. The molecule has 2 nitrogen and oxygen atoms in total. The predicted molar refractivity (Wildman–Crippen MR) is 80.8 cm³/mol. The highest BCUT2D eigenvalue weighted by Gasteiger charge is 2.09. The Morgan fingerprint density at radius 3 is 2.42 bits per heavy atom. The van der Waals surface area contributed by atoms with E-state index in [9.17, 15) is 4.79 Å². The number of benzene rings is 2. The van der Waals surface area contributed by atoms with Crippen molar-refractivity contribution in [2.45, 2.75) is 19.8 Å². The van der Waals surface area contributed by atoms with Gasteiger partial charge in [-0.15, -0.1) is 0 Å². The number of fused-ring (bicyclic) bond motifs is 3. The zero-order valence-corrected chi connectivity index (χ0v) is 11.5. The number of aryl methyl sites for hydroxylation is 1. The molecule has 3 aromatic rings. The summed E-state index contributed by atoms with van der Waals surface area (Å²) < 4.78 is 1.73. The van der Waals surface area contributed by atoms with Crippen LogP contribution in [0.1, 0.15) is 25.3 Å². The SMILES string of the molecule is CC(C)c1ccc2c(=O)n(C)c3ccccc3c2c1. The van der Waals surface area contributed by atoms with Crippen LogP contribution in [-0.2, 0) is 7.05 Å². The van der Waals surface area contributed by atoms with E-state index in [4.69, 9.17) is 0 Å². The first-order valence-corrected chi connectivity index (χ1v) is 6.61. The van der Waals surface area contributed by atoms with Gasteiger partial charge in [-0.05, 0) is 29.0 Å². The number of hydrogen-bond donors (Lipinski definition) is 0. The highest BCUT2D eigenvalue weighted by molar-refractivity contribution is 6.05. The van der Waals surface area contributed by atoms with Crippen molar-refractivity contribution in [1.82, 2.24) is 4.57 Å². The molecule has 0 spiro atoms. The summed E-state index contributed by atoms with van der Waals surface area (Å²) in [6.45, 7) is 4.34. The van der Waals surface area contributed by atoms with Crippen molar-refractivity contribution in [3.8, 4) is 0 Å². The Kier molecular flexibility index (Phi) is 2.67. The molecule has 0 aliphatic heterocycles. The first kappa shape index (κ1) is 12.0. The lowest BCUT2D eigenvalue weighted by Crippen LogP contribution is -2.17. The van der Waals surface area contributed by atoms with Crippen LogP contribution < -0.4 is 5.56 Å². The third kappa shape index (κ3) is 1.75. The first-order chi connectivity index (χ1) is 9.09. The fourth-order valence-electron chi connectivity index (χ4n) is 2.61. The summed E-state index contributed by atoms with van der Waals surface area (Å²) in [5.74, 6) is 0.465. The van der Waals surface area contributed by atoms with Crippen LogP contribution in [-0.4, -0.2) is 4.57 Å². The molecule has 2 aromatic carbocycles. The molecule has 0 atom stereocenters. The summed E-state index contributed by atoms with van der Waals surface area (Å²) in [4.78, 5) is 12.4. The van der Waals surface area contributed by atoms with Crippen molar-refractivity contribution < 1.29 is 0 Å². The maximum absolute atomic E-state index is 12.4. The van der Waals surface area contributed by atoms with Crippen LogP contribution in [0.2, 0.25) is 0 Å². The number of rotatable bonds is 1. The van der Waals surface area contributed by atoms with Crippen molar-refractivity contribution in [2.24, 2.45) is 7.05 Å². The lowest BCUT2D eigenvalue weighted by atomic mass is 9.98. The molecule has 96 valence electrons. The van der Waals surface area contributed by atoms with Crippen LogP contribution in [0, 0.1) is 0 Å². The minimum absolute atomic E-state index is 0.0732. The van der Waals surface area contributed by atoms with Gasteiger partial charge < -0.3 is 4.57 Å². The van der Waals surface area contributed by atoms with Gasteiger partial charge in [0.15, 0.2) is 0 Å². The Labute approximate surface area is 112 Å². The topological polar surface area (TPSA) is 22.0 Å². The van der Waals surface area contributed by atoms with Gasteiger partial charge in [0, 0.05) is 17.8 Å². The second kappa shape index (κ2) is 4.23. The smallest absolute Gasteiger partial charge is 0.258 e. The Hall–Kier alpha value is -2.09. The minimum Gasteiger partial charge on any atom is -0.311 e. The largest absolute Gasteiger partial charge is 0.311 e. The molecule has 1 heterocycles. The normalized spacial score (nSPS) is 11.6. The van der Waals surface area contributed by atoms with Gasteiger partial charge >= 0.3 is 0 Å². The third-order valence-corrected chi connectivity index (χ3v) is 3.80. The fourth-order valence-corrected chi connectivity index (χ4v) is 2.61. The number of hydrogen-bond acceptors (Lipinski definition) is 1. The Morgan fingerprint density at radius 1 is 0.947 bits per heavy atom. The Balaban J connectivity index is 2.56. The van der Waals surface area contributed by atoms with Gasteiger partial charge in [-0.2, -0.15) is 0 Å². The van der Waals surface area contributed by atoms with E-state index in [-0.39, 0.29) is 5.56 Å². The van der Waals surface area contributed by atoms with Crippen molar-refractivity contribution in [2.75, 3.05) is 0 Å². The number of aromatic nitrogens is 1. The van der Waals surface area contributed by atoms with Crippen LogP contribution in [0.15, 0.2) is 47.3 Å². The van der Waals surface area contributed by atoms with Gasteiger partial charge in [0.1, 0.15) is 0 Å². The molecular formula is C17H17NO. The molecule has 0 N–H and O–H groups in total. The van der Waals surface area contributed by atoms with Crippen molar-refractivity contribution in [3.63, 3.8) is 0 Å². The molecule has 0 unspecified atom stereocenters. The van der Waals surface area contributed by atoms with E-state index < -0.39 is 0 Å². The van der Waals surface area contributed by atoms with Gasteiger partial charge in [-0.25, -0.2) is 0 Å². The zero-order chi connectivity index (χ0) is 13.6. The van der Waals surface area contributed by atoms with Crippen molar-refractivity contribution in [3.05, 3.63) is 58.4 Å². The monoisotopic (exact) mass is 251 g/mol. The summed E-state index contributed by atoms with van der Waals surface area (Å²) in [5.41, 5.74) is 2.33. The lowest BCUT2D eigenvalue weighted by molar-refractivity contribution is 0.868. The molecule has 0 aliphatic carbocycles.